The molecule has 0 bridgehead atoms. The highest BCUT2D eigenvalue weighted by molar-refractivity contribution is 7.89. The van der Waals surface area contributed by atoms with Crippen molar-refractivity contribution in [3.63, 3.8) is 0 Å². The average Bonchev–Trinajstić information content (AvgIpc) is 2.68. The molecule has 2 rings (SSSR count). The SMILES string of the molecule is CCOc1ccc(S(=O)(=O)N(C)Cc2cc(OC)c(OC)c(OC)c2)cc1Cl. The highest BCUT2D eigenvalue weighted by Gasteiger charge is 2.23. The van der Waals surface area contributed by atoms with Crippen molar-refractivity contribution in [1.82, 2.24) is 4.31 Å². The van der Waals surface area contributed by atoms with E-state index >= 15 is 0 Å². The predicted octanol–water partition coefficient (Wildman–Crippen LogP) is 3.59. The van der Waals surface area contributed by atoms with Gasteiger partial charge in [0.25, 0.3) is 0 Å². The number of methoxy groups -OCH3 is 3. The molecule has 0 radical (unpaired) electrons. The van der Waals surface area contributed by atoms with Gasteiger partial charge in [0.05, 0.1) is 37.9 Å². The van der Waals surface area contributed by atoms with Gasteiger partial charge in [0.15, 0.2) is 11.5 Å². The Morgan fingerprint density at radius 2 is 1.57 bits per heavy atom. The molecule has 2 aromatic rings. The van der Waals surface area contributed by atoms with Crippen LogP contribution in [0, 0.1) is 0 Å². The molecule has 0 aliphatic rings. The molecule has 0 aromatic heterocycles. The van der Waals surface area contributed by atoms with Crippen LogP contribution in [-0.4, -0.2) is 47.7 Å². The van der Waals surface area contributed by atoms with Crippen molar-refractivity contribution in [2.75, 3.05) is 35.0 Å². The van der Waals surface area contributed by atoms with E-state index in [4.69, 9.17) is 30.5 Å². The van der Waals surface area contributed by atoms with E-state index in [-0.39, 0.29) is 16.5 Å². The summed E-state index contributed by atoms with van der Waals surface area (Å²) in [6.45, 7) is 2.36. The van der Waals surface area contributed by atoms with Crippen LogP contribution in [-0.2, 0) is 16.6 Å². The molecule has 0 heterocycles. The molecular formula is C19H24ClNO6S. The molecule has 9 heteroatoms. The fraction of sp³-hybridized carbons (Fsp3) is 0.368. The monoisotopic (exact) mass is 429 g/mol. The molecule has 154 valence electrons. The van der Waals surface area contributed by atoms with E-state index in [1.165, 1.54) is 44.8 Å². The van der Waals surface area contributed by atoms with Gasteiger partial charge in [0.2, 0.25) is 15.8 Å². The third-order valence-electron chi connectivity index (χ3n) is 4.04. The Balaban J connectivity index is 2.33. The van der Waals surface area contributed by atoms with Crippen LogP contribution in [0.2, 0.25) is 5.02 Å². The summed E-state index contributed by atoms with van der Waals surface area (Å²) < 4.78 is 48.4. The minimum atomic E-state index is -3.77. The van der Waals surface area contributed by atoms with Gasteiger partial charge in [-0.1, -0.05) is 11.6 Å². The van der Waals surface area contributed by atoms with E-state index in [9.17, 15) is 8.42 Å². The van der Waals surface area contributed by atoms with Crippen molar-refractivity contribution < 1.29 is 27.4 Å². The quantitative estimate of drug-likeness (QED) is 0.606. The van der Waals surface area contributed by atoms with Crippen molar-refractivity contribution in [2.45, 2.75) is 18.4 Å². The summed E-state index contributed by atoms with van der Waals surface area (Å²) in [5.41, 5.74) is 0.678. The maximum absolute atomic E-state index is 12.9. The van der Waals surface area contributed by atoms with Crippen LogP contribution in [0.4, 0.5) is 0 Å². The van der Waals surface area contributed by atoms with Gasteiger partial charge in [-0.25, -0.2) is 8.42 Å². The number of sulfonamides is 1. The van der Waals surface area contributed by atoms with E-state index < -0.39 is 10.0 Å². The first-order valence-corrected chi connectivity index (χ1v) is 10.3. The summed E-state index contributed by atoms with van der Waals surface area (Å²) in [6, 6.07) is 7.81. The molecule has 0 amide bonds. The van der Waals surface area contributed by atoms with Crippen LogP contribution in [0.3, 0.4) is 0 Å². The van der Waals surface area contributed by atoms with Gasteiger partial charge in [-0.3, -0.25) is 0 Å². The zero-order valence-electron chi connectivity index (χ0n) is 16.5. The lowest BCUT2D eigenvalue weighted by molar-refractivity contribution is 0.323. The molecule has 0 aliphatic heterocycles. The third kappa shape index (κ3) is 4.63. The van der Waals surface area contributed by atoms with Crippen molar-refractivity contribution >= 4 is 21.6 Å². The van der Waals surface area contributed by atoms with E-state index in [1.54, 1.807) is 18.2 Å². The van der Waals surface area contributed by atoms with Gasteiger partial charge < -0.3 is 18.9 Å². The number of benzene rings is 2. The smallest absolute Gasteiger partial charge is 0.243 e. The molecule has 7 nitrogen and oxygen atoms in total. The second-order valence-corrected chi connectivity index (χ2v) is 8.27. The maximum atomic E-state index is 12.9. The van der Waals surface area contributed by atoms with Crippen molar-refractivity contribution in [3.8, 4) is 23.0 Å². The molecule has 0 saturated heterocycles. The Morgan fingerprint density at radius 3 is 2.04 bits per heavy atom. The van der Waals surface area contributed by atoms with E-state index in [0.717, 1.165) is 0 Å². The normalized spacial score (nSPS) is 11.4. The van der Waals surface area contributed by atoms with Crippen molar-refractivity contribution in [1.29, 1.82) is 0 Å². The first kappa shape index (κ1) is 22.1. The van der Waals surface area contributed by atoms with Gasteiger partial charge >= 0.3 is 0 Å². The average molecular weight is 430 g/mol. The van der Waals surface area contributed by atoms with Crippen LogP contribution >= 0.6 is 11.6 Å². The lowest BCUT2D eigenvalue weighted by Crippen LogP contribution is -2.26. The molecule has 0 atom stereocenters. The number of hydrogen-bond acceptors (Lipinski definition) is 6. The summed E-state index contributed by atoms with van der Waals surface area (Å²) in [5, 5.41) is 0.240. The maximum Gasteiger partial charge on any atom is 0.243 e. The minimum Gasteiger partial charge on any atom is -0.493 e. The number of hydrogen-bond donors (Lipinski definition) is 0. The number of rotatable bonds is 9. The molecule has 0 N–H and O–H groups in total. The summed E-state index contributed by atoms with van der Waals surface area (Å²) in [4.78, 5) is 0.0795. The van der Waals surface area contributed by atoms with E-state index in [1.807, 2.05) is 6.92 Å². The van der Waals surface area contributed by atoms with Gasteiger partial charge in [0.1, 0.15) is 5.75 Å². The van der Waals surface area contributed by atoms with E-state index in [0.29, 0.717) is 35.2 Å². The fourth-order valence-electron chi connectivity index (χ4n) is 2.66. The second-order valence-electron chi connectivity index (χ2n) is 5.82. The minimum absolute atomic E-state index is 0.0795. The molecule has 0 aliphatic carbocycles. The van der Waals surface area contributed by atoms with Gasteiger partial charge in [-0.15, -0.1) is 0 Å². The largest absolute Gasteiger partial charge is 0.493 e. The summed E-state index contributed by atoms with van der Waals surface area (Å²) in [5.74, 6) is 1.78. The highest BCUT2D eigenvalue weighted by atomic mass is 35.5. The second kappa shape index (κ2) is 9.36. The number of halogens is 1. The van der Waals surface area contributed by atoms with Crippen molar-refractivity contribution in [3.05, 3.63) is 40.9 Å². The fourth-order valence-corrected chi connectivity index (χ4v) is 4.15. The molecular weight excluding hydrogens is 406 g/mol. The molecule has 0 fully saturated rings. The Kier molecular flexibility index (Phi) is 7.40. The van der Waals surface area contributed by atoms with Crippen LogP contribution in [0.25, 0.3) is 0 Å². The van der Waals surface area contributed by atoms with E-state index in [2.05, 4.69) is 0 Å². The first-order valence-electron chi connectivity index (χ1n) is 8.46. The predicted molar refractivity (Wildman–Crippen MR) is 107 cm³/mol. The molecule has 0 unspecified atom stereocenters. The van der Waals surface area contributed by atoms with Crippen LogP contribution in [0.15, 0.2) is 35.2 Å². The Labute approximate surface area is 170 Å². The van der Waals surface area contributed by atoms with Crippen molar-refractivity contribution in [2.24, 2.45) is 0 Å². The van der Waals surface area contributed by atoms with Gasteiger partial charge in [0, 0.05) is 13.6 Å². The zero-order valence-corrected chi connectivity index (χ0v) is 18.1. The Hall–Kier alpha value is -2.16. The number of ether oxygens (including phenoxy) is 4. The van der Waals surface area contributed by atoms with Gasteiger partial charge in [-0.2, -0.15) is 4.31 Å². The summed E-state index contributed by atoms with van der Waals surface area (Å²) >= 11 is 6.14. The molecule has 2 aromatic carbocycles. The molecule has 0 spiro atoms. The first-order chi connectivity index (χ1) is 13.3. The number of nitrogens with zero attached hydrogens (tertiary/aromatic N) is 1. The zero-order chi connectivity index (χ0) is 20.9. The standard InChI is InChI=1S/C19H24ClNO6S/c1-6-27-16-8-7-14(11-15(16)20)28(22,23)21(2)12-13-9-17(24-3)19(26-5)18(10-13)25-4/h7-11H,6,12H2,1-5H3. The van der Waals surface area contributed by atoms with Gasteiger partial charge in [-0.05, 0) is 42.8 Å². The lowest BCUT2D eigenvalue weighted by atomic mass is 10.2. The van der Waals surface area contributed by atoms with Crippen LogP contribution in [0.1, 0.15) is 12.5 Å². The molecule has 0 saturated carbocycles. The molecule has 28 heavy (non-hydrogen) atoms. The topological polar surface area (TPSA) is 74.3 Å². The summed E-state index contributed by atoms with van der Waals surface area (Å²) in [6.07, 6.45) is 0. The Bertz CT molecular complexity index is 907. The lowest BCUT2D eigenvalue weighted by Gasteiger charge is -2.20. The third-order valence-corrected chi connectivity index (χ3v) is 6.14. The Morgan fingerprint density at radius 1 is 0.964 bits per heavy atom. The van der Waals surface area contributed by atoms with Crippen LogP contribution in [0.5, 0.6) is 23.0 Å². The van der Waals surface area contributed by atoms with Crippen LogP contribution < -0.4 is 18.9 Å². The highest BCUT2D eigenvalue weighted by Crippen LogP contribution is 2.38. The summed E-state index contributed by atoms with van der Waals surface area (Å²) in [7, 11) is 2.24.